The van der Waals surface area contributed by atoms with Crippen molar-refractivity contribution in [2.45, 2.75) is 51.9 Å². The molecule has 108 valence electrons. The molecule has 0 aromatic heterocycles. The minimum Gasteiger partial charge on any atom is -0.478 e. The zero-order valence-corrected chi connectivity index (χ0v) is 11.9. The van der Waals surface area contributed by atoms with Crippen molar-refractivity contribution in [2.75, 3.05) is 0 Å². The van der Waals surface area contributed by atoms with Crippen molar-refractivity contribution in [2.24, 2.45) is 0 Å². The average Bonchev–Trinajstić information content (AvgIpc) is 2.41. The number of carboxylic acid groups (broad SMARTS) is 2. The van der Waals surface area contributed by atoms with Crippen LogP contribution in [-0.4, -0.2) is 22.2 Å². The molecule has 0 spiro atoms. The van der Waals surface area contributed by atoms with E-state index < -0.39 is 11.9 Å². The SMILES string of the molecule is Cc1c(C(=O)O)cc(C2CCCCC2)c(C(=O)O)c1C. The quantitative estimate of drug-likeness (QED) is 0.881. The molecule has 1 fully saturated rings. The summed E-state index contributed by atoms with van der Waals surface area (Å²) in [6.45, 7) is 3.38. The van der Waals surface area contributed by atoms with Crippen molar-refractivity contribution in [1.82, 2.24) is 0 Å². The Kier molecular flexibility index (Phi) is 4.12. The minimum atomic E-state index is -0.986. The summed E-state index contributed by atoms with van der Waals surface area (Å²) in [6, 6.07) is 1.59. The van der Waals surface area contributed by atoms with Gasteiger partial charge in [0.1, 0.15) is 0 Å². The monoisotopic (exact) mass is 276 g/mol. The van der Waals surface area contributed by atoms with Crippen LogP contribution >= 0.6 is 0 Å². The lowest BCUT2D eigenvalue weighted by Gasteiger charge is -2.25. The highest BCUT2D eigenvalue weighted by Gasteiger charge is 2.26. The Hall–Kier alpha value is -1.84. The Balaban J connectivity index is 2.62. The second kappa shape index (κ2) is 5.65. The van der Waals surface area contributed by atoms with Gasteiger partial charge in [0.05, 0.1) is 11.1 Å². The van der Waals surface area contributed by atoms with Crippen molar-refractivity contribution in [3.63, 3.8) is 0 Å². The molecule has 0 aliphatic heterocycles. The summed E-state index contributed by atoms with van der Waals surface area (Å²) in [7, 11) is 0. The molecule has 2 rings (SSSR count). The van der Waals surface area contributed by atoms with E-state index >= 15 is 0 Å². The number of hydrogen-bond acceptors (Lipinski definition) is 2. The molecule has 0 unspecified atom stereocenters. The third kappa shape index (κ3) is 2.55. The normalized spacial score (nSPS) is 16.1. The lowest BCUT2D eigenvalue weighted by atomic mass is 9.79. The summed E-state index contributed by atoms with van der Waals surface area (Å²) in [4.78, 5) is 22.9. The van der Waals surface area contributed by atoms with Crippen LogP contribution in [0.25, 0.3) is 0 Å². The highest BCUT2D eigenvalue weighted by atomic mass is 16.4. The van der Waals surface area contributed by atoms with Crippen LogP contribution in [0, 0.1) is 13.8 Å². The van der Waals surface area contributed by atoms with Gasteiger partial charge in [0.2, 0.25) is 0 Å². The summed E-state index contributed by atoms with van der Waals surface area (Å²) in [5, 5.41) is 18.8. The average molecular weight is 276 g/mol. The first-order valence-corrected chi connectivity index (χ1v) is 7.04. The predicted molar refractivity (Wildman–Crippen MR) is 75.7 cm³/mol. The molecule has 20 heavy (non-hydrogen) atoms. The van der Waals surface area contributed by atoms with Crippen molar-refractivity contribution >= 4 is 11.9 Å². The minimum absolute atomic E-state index is 0.173. The standard InChI is InChI=1S/C16H20O4/c1-9-10(2)14(16(19)20)13(8-12(9)15(17)18)11-6-4-3-5-7-11/h8,11H,3-7H2,1-2H3,(H,17,18)(H,19,20). The number of rotatable bonds is 3. The van der Waals surface area contributed by atoms with Gasteiger partial charge in [-0.3, -0.25) is 0 Å². The third-order valence-corrected chi connectivity index (χ3v) is 4.42. The van der Waals surface area contributed by atoms with Crippen molar-refractivity contribution in [1.29, 1.82) is 0 Å². The maximum Gasteiger partial charge on any atom is 0.336 e. The van der Waals surface area contributed by atoms with E-state index in [1.165, 1.54) is 6.42 Å². The topological polar surface area (TPSA) is 74.6 Å². The third-order valence-electron chi connectivity index (χ3n) is 4.42. The first-order chi connectivity index (χ1) is 9.43. The number of benzene rings is 1. The molecule has 0 amide bonds. The fourth-order valence-electron chi connectivity index (χ4n) is 3.18. The number of aromatic carboxylic acids is 2. The van der Waals surface area contributed by atoms with Gasteiger partial charge in [-0.15, -0.1) is 0 Å². The van der Waals surface area contributed by atoms with Crippen LogP contribution in [0.1, 0.15) is 75.4 Å². The van der Waals surface area contributed by atoms with Gasteiger partial charge in [0.25, 0.3) is 0 Å². The van der Waals surface area contributed by atoms with Crippen LogP contribution in [0.15, 0.2) is 6.07 Å². The lowest BCUT2D eigenvalue weighted by molar-refractivity contribution is 0.0678. The highest BCUT2D eigenvalue weighted by Crippen LogP contribution is 2.37. The lowest BCUT2D eigenvalue weighted by Crippen LogP contribution is -2.16. The van der Waals surface area contributed by atoms with Crippen LogP contribution in [0.5, 0.6) is 0 Å². The fourth-order valence-corrected chi connectivity index (χ4v) is 3.18. The largest absolute Gasteiger partial charge is 0.478 e. The van der Waals surface area contributed by atoms with E-state index in [1.54, 1.807) is 19.9 Å². The van der Waals surface area contributed by atoms with Crippen LogP contribution < -0.4 is 0 Å². The van der Waals surface area contributed by atoms with Gasteiger partial charge in [-0.2, -0.15) is 0 Å². The zero-order chi connectivity index (χ0) is 14.9. The smallest absolute Gasteiger partial charge is 0.336 e. The Morgan fingerprint density at radius 1 is 1.00 bits per heavy atom. The van der Waals surface area contributed by atoms with Gasteiger partial charge in [0.15, 0.2) is 0 Å². The van der Waals surface area contributed by atoms with Gasteiger partial charge >= 0.3 is 11.9 Å². The van der Waals surface area contributed by atoms with Gasteiger partial charge in [-0.05, 0) is 55.4 Å². The van der Waals surface area contributed by atoms with Crippen LogP contribution in [0.4, 0.5) is 0 Å². The van der Waals surface area contributed by atoms with E-state index in [2.05, 4.69) is 0 Å². The molecule has 1 aromatic rings. The first-order valence-electron chi connectivity index (χ1n) is 7.04. The Morgan fingerprint density at radius 3 is 2.10 bits per heavy atom. The maximum atomic E-state index is 11.6. The molecule has 0 saturated heterocycles. The number of carboxylic acids is 2. The second-order valence-corrected chi connectivity index (χ2v) is 5.58. The first kappa shape index (κ1) is 14.6. The molecule has 1 aliphatic carbocycles. The van der Waals surface area contributed by atoms with E-state index in [4.69, 9.17) is 0 Å². The number of carbonyl (C=O) groups is 2. The van der Waals surface area contributed by atoms with Crippen LogP contribution in [-0.2, 0) is 0 Å². The molecule has 0 heterocycles. The molecule has 4 nitrogen and oxygen atoms in total. The molecule has 1 aromatic carbocycles. The number of hydrogen-bond donors (Lipinski definition) is 2. The van der Waals surface area contributed by atoms with E-state index in [-0.39, 0.29) is 11.5 Å². The summed E-state index contributed by atoms with van der Waals surface area (Å²) in [5.74, 6) is -1.77. The second-order valence-electron chi connectivity index (χ2n) is 5.58. The molecule has 0 bridgehead atoms. The summed E-state index contributed by atoms with van der Waals surface area (Å²) in [5.41, 5.74) is 2.37. The molecular weight excluding hydrogens is 256 g/mol. The Labute approximate surface area is 118 Å². The molecule has 2 N–H and O–H groups in total. The molecule has 1 saturated carbocycles. The summed E-state index contributed by atoms with van der Waals surface area (Å²) < 4.78 is 0. The predicted octanol–water partition coefficient (Wildman–Crippen LogP) is 3.75. The molecular formula is C16H20O4. The van der Waals surface area contributed by atoms with Gasteiger partial charge in [-0.1, -0.05) is 19.3 Å². The van der Waals surface area contributed by atoms with Crippen molar-refractivity contribution in [3.05, 3.63) is 33.9 Å². The van der Waals surface area contributed by atoms with Gasteiger partial charge in [-0.25, -0.2) is 9.59 Å². The van der Waals surface area contributed by atoms with Crippen LogP contribution in [0.2, 0.25) is 0 Å². The van der Waals surface area contributed by atoms with Crippen LogP contribution in [0.3, 0.4) is 0 Å². The molecule has 0 atom stereocenters. The maximum absolute atomic E-state index is 11.6. The molecule has 1 aliphatic rings. The van der Waals surface area contributed by atoms with Crippen molar-refractivity contribution in [3.8, 4) is 0 Å². The molecule has 0 radical (unpaired) electrons. The molecule has 4 heteroatoms. The van der Waals surface area contributed by atoms with Crippen molar-refractivity contribution < 1.29 is 19.8 Å². The highest BCUT2D eigenvalue weighted by molar-refractivity contribution is 5.96. The zero-order valence-electron chi connectivity index (χ0n) is 11.9. The van der Waals surface area contributed by atoms with Gasteiger partial charge in [0, 0.05) is 0 Å². The van der Waals surface area contributed by atoms with E-state index in [0.29, 0.717) is 22.3 Å². The van der Waals surface area contributed by atoms with E-state index in [0.717, 1.165) is 25.7 Å². The van der Waals surface area contributed by atoms with E-state index in [1.807, 2.05) is 0 Å². The summed E-state index contributed by atoms with van der Waals surface area (Å²) >= 11 is 0. The Morgan fingerprint density at radius 2 is 1.60 bits per heavy atom. The summed E-state index contributed by atoms with van der Waals surface area (Å²) in [6.07, 6.45) is 5.23. The Bertz CT molecular complexity index is 554. The van der Waals surface area contributed by atoms with Gasteiger partial charge < -0.3 is 10.2 Å². The fraction of sp³-hybridized carbons (Fsp3) is 0.500. The van der Waals surface area contributed by atoms with E-state index in [9.17, 15) is 19.8 Å².